The van der Waals surface area contributed by atoms with E-state index < -0.39 is 0 Å². The maximum Gasteiger partial charge on any atom is 0.330 e. The number of benzene rings is 1. The molecule has 0 atom stereocenters. The molecule has 0 unspecified atom stereocenters. The number of carbonyl (C=O) groups is 1. The number of ether oxygens (including phenoxy) is 2. The fourth-order valence-electron chi connectivity index (χ4n) is 1.25. The van der Waals surface area contributed by atoms with E-state index in [9.17, 15) is 4.79 Å². The summed E-state index contributed by atoms with van der Waals surface area (Å²) in [6.07, 6.45) is 4.13. The Morgan fingerprint density at radius 3 is 2.44 bits per heavy atom. The van der Waals surface area contributed by atoms with Gasteiger partial charge >= 0.3 is 5.97 Å². The van der Waals surface area contributed by atoms with Crippen LogP contribution in [-0.4, -0.2) is 19.7 Å². The van der Waals surface area contributed by atoms with Crippen LogP contribution < -0.4 is 4.74 Å². The predicted molar refractivity (Wildman–Crippen MR) is 88.7 cm³/mol. The van der Waals surface area contributed by atoms with Gasteiger partial charge in [-0.3, -0.25) is 0 Å². The molecule has 1 rings (SSSR count). The van der Waals surface area contributed by atoms with E-state index >= 15 is 0 Å². The van der Waals surface area contributed by atoms with Crippen LogP contribution in [0.4, 0.5) is 0 Å². The van der Waals surface area contributed by atoms with Gasteiger partial charge in [-0.1, -0.05) is 6.92 Å². The van der Waals surface area contributed by atoms with E-state index in [1.54, 1.807) is 6.08 Å². The molecule has 0 spiro atoms. The van der Waals surface area contributed by atoms with Gasteiger partial charge in [0.2, 0.25) is 0 Å². The van der Waals surface area contributed by atoms with Crippen molar-refractivity contribution < 1.29 is 14.3 Å². The second kappa shape index (κ2) is 7.98. The van der Waals surface area contributed by atoms with E-state index in [0.29, 0.717) is 6.61 Å². The number of rotatable bonds is 5. The number of carbonyl (C=O) groups excluding carboxylic acids is 1. The van der Waals surface area contributed by atoms with E-state index in [1.807, 2.05) is 12.1 Å². The zero-order chi connectivity index (χ0) is 13.5. The van der Waals surface area contributed by atoms with Gasteiger partial charge in [-0.05, 0) is 75.4 Å². The molecule has 1 aromatic carbocycles. The molecule has 0 bridgehead atoms. The zero-order valence-electron chi connectivity index (χ0n) is 10.2. The predicted octanol–water partition coefficient (Wildman–Crippen LogP) is 3.87. The standard InChI is InChI=1S/C13H14I2O3/c1-3-6-18-13-10(14)7-9(8-11(13)15)4-5-12(16)17-2/h4-5,7-8H,3,6H2,1-2H3/b5-4+. The maximum atomic E-state index is 11.0. The SMILES string of the molecule is CCCOc1c(I)cc(/C=C/C(=O)OC)cc1I. The van der Waals surface area contributed by atoms with Crippen molar-refractivity contribution in [2.45, 2.75) is 13.3 Å². The van der Waals surface area contributed by atoms with E-state index in [-0.39, 0.29) is 5.97 Å². The summed E-state index contributed by atoms with van der Waals surface area (Å²) in [6, 6.07) is 3.96. The van der Waals surface area contributed by atoms with Gasteiger partial charge in [-0.15, -0.1) is 0 Å². The number of esters is 1. The lowest BCUT2D eigenvalue weighted by atomic mass is 10.2. The molecular formula is C13H14I2O3. The van der Waals surface area contributed by atoms with Crippen molar-refractivity contribution in [3.05, 3.63) is 30.9 Å². The quantitative estimate of drug-likeness (QED) is 0.371. The van der Waals surface area contributed by atoms with Gasteiger partial charge in [0, 0.05) is 6.08 Å². The first-order valence-electron chi connectivity index (χ1n) is 5.46. The normalized spacial score (nSPS) is 10.7. The average molecular weight is 472 g/mol. The summed E-state index contributed by atoms with van der Waals surface area (Å²) in [7, 11) is 1.36. The lowest BCUT2D eigenvalue weighted by Crippen LogP contribution is -1.99. The first-order valence-corrected chi connectivity index (χ1v) is 7.62. The maximum absolute atomic E-state index is 11.0. The van der Waals surface area contributed by atoms with Gasteiger partial charge in [0.15, 0.2) is 0 Å². The third-order valence-corrected chi connectivity index (χ3v) is 3.69. The van der Waals surface area contributed by atoms with Gasteiger partial charge < -0.3 is 9.47 Å². The molecule has 0 aliphatic heterocycles. The molecule has 0 saturated heterocycles. The Bertz CT molecular complexity index is 433. The minimum absolute atomic E-state index is 0.355. The van der Waals surface area contributed by atoms with Crippen molar-refractivity contribution in [1.29, 1.82) is 0 Å². The highest BCUT2D eigenvalue weighted by molar-refractivity contribution is 14.1. The summed E-state index contributed by atoms with van der Waals surface area (Å²) in [5, 5.41) is 0. The van der Waals surface area contributed by atoms with Crippen LogP contribution in [0.15, 0.2) is 18.2 Å². The van der Waals surface area contributed by atoms with Gasteiger partial charge in [0.25, 0.3) is 0 Å². The molecular weight excluding hydrogens is 458 g/mol. The third kappa shape index (κ3) is 4.75. The van der Waals surface area contributed by atoms with Crippen LogP contribution in [-0.2, 0) is 9.53 Å². The molecule has 98 valence electrons. The molecule has 0 aliphatic carbocycles. The van der Waals surface area contributed by atoms with Gasteiger partial charge in [0.1, 0.15) is 5.75 Å². The summed E-state index contributed by atoms with van der Waals surface area (Å²) < 4.78 is 12.3. The molecule has 5 heteroatoms. The van der Waals surface area contributed by atoms with Gasteiger partial charge in [0.05, 0.1) is 20.9 Å². The topological polar surface area (TPSA) is 35.5 Å². The van der Waals surface area contributed by atoms with Crippen LogP contribution >= 0.6 is 45.2 Å². The van der Waals surface area contributed by atoms with Gasteiger partial charge in [-0.25, -0.2) is 4.79 Å². The Morgan fingerprint density at radius 1 is 1.33 bits per heavy atom. The van der Waals surface area contributed by atoms with Crippen LogP contribution in [0.25, 0.3) is 6.08 Å². The van der Waals surface area contributed by atoms with Crippen molar-refractivity contribution in [3.63, 3.8) is 0 Å². The fraction of sp³-hybridized carbons (Fsp3) is 0.308. The number of hydrogen-bond donors (Lipinski definition) is 0. The summed E-state index contributed by atoms with van der Waals surface area (Å²) in [5.41, 5.74) is 0.957. The number of hydrogen-bond acceptors (Lipinski definition) is 3. The van der Waals surface area contributed by atoms with Crippen LogP contribution in [0, 0.1) is 7.14 Å². The summed E-state index contributed by atoms with van der Waals surface area (Å²) in [4.78, 5) is 11.0. The van der Waals surface area contributed by atoms with E-state index in [0.717, 1.165) is 24.9 Å². The number of halogens is 2. The molecule has 0 heterocycles. The first-order chi connectivity index (χ1) is 8.58. The van der Waals surface area contributed by atoms with E-state index in [1.165, 1.54) is 13.2 Å². The molecule has 3 nitrogen and oxygen atoms in total. The highest BCUT2D eigenvalue weighted by atomic mass is 127. The second-order valence-corrected chi connectivity index (χ2v) is 5.84. The fourth-order valence-corrected chi connectivity index (χ4v) is 3.38. The largest absolute Gasteiger partial charge is 0.491 e. The molecule has 18 heavy (non-hydrogen) atoms. The van der Waals surface area contributed by atoms with Crippen LogP contribution in [0.2, 0.25) is 0 Å². The highest BCUT2D eigenvalue weighted by Crippen LogP contribution is 2.29. The van der Waals surface area contributed by atoms with Crippen LogP contribution in [0.3, 0.4) is 0 Å². The lowest BCUT2D eigenvalue weighted by Gasteiger charge is -2.10. The van der Waals surface area contributed by atoms with Crippen LogP contribution in [0.5, 0.6) is 5.75 Å². The smallest absolute Gasteiger partial charge is 0.330 e. The zero-order valence-corrected chi connectivity index (χ0v) is 14.5. The minimum Gasteiger partial charge on any atom is -0.491 e. The molecule has 0 N–H and O–H groups in total. The summed E-state index contributed by atoms with van der Waals surface area (Å²) >= 11 is 4.48. The Balaban J connectivity index is 2.92. The minimum atomic E-state index is -0.355. The molecule has 1 aromatic rings. The van der Waals surface area contributed by atoms with Crippen molar-refractivity contribution in [2.24, 2.45) is 0 Å². The lowest BCUT2D eigenvalue weighted by molar-refractivity contribution is -0.134. The monoisotopic (exact) mass is 472 g/mol. The Hall–Kier alpha value is -0.310. The Morgan fingerprint density at radius 2 is 1.94 bits per heavy atom. The highest BCUT2D eigenvalue weighted by Gasteiger charge is 2.07. The van der Waals surface area contributed by atoms with Crippen molar-refractivity contribution >= 4 is 57.2 Å². The average Bonchev–Trinajstić information content (AvgIpc) is 2.35. The molecule has 0 fully saturated rings. The molecule has 0 aromatic heterocycles. The van der Waals surface area contributed by atoms with Crippen molar-refractivity contribution in [2.75, 3.05) is 13.7 Å². The van der Waals surface area contributed by atoms with Gasteiger partial charge in [-0.2, -0.15) is 0 Å². The first kappa shape index (κ1) is 15.7. The Kier molecular flexibility index (Phi) is 6.98. The van der Waals surface area contributed by atoms with Crippen molar-refractivity contribution in [1.82, 2.24) is 0 Å². The summed E-state index contributed by atoms with van der Waals surface area (Å²) in [5.74, 6) is 0.555. The molecule has 0 saturated carbocycles. The number of methoxy groups -OCH3 is 1. The Labute approximate surface area is 134 Å². The molecule has 0 radical (unpaired) electrons. The van der Waals surface area contributed by atoms with E-state index in [2.05, 4.69) is 56.8 Å². The van der Waals surface area contributed by atoms with E-state index in [4.69, 9.17) is 4.74 Å². The molecule has 0 amide bonds. The van der Waals surface area contributed by atoms with Crippen molar-refractivity contribution in [3.8, 4) is 5.75 Å². The third-order valence-electron chi connectivity index (χ3n) is 2.08. The van der Waals surface area contributed by atoms with Crippen LogP contribution in [0.1, 0.15) is 18.9 Å². The second-order valence-electron chi connectivity index (χ2n) is 3.52. The summed E-state index contributed by atoms with van der Waals surface area (Å²) in [6.45, 7) is 2.79. The molecule has 0 aliphatic rings.